The van der Waals surface area contributed by atoms with Crippen molar-refractivity contribution in [1.29, 1.82) is 0 Å². The number of hydrogen-bond donors (Lipinski definition) is 0. The fraction of sp³-hybridized carbons (Fsp3) is 0.500. The molecule has 0 bridgehead atoms. The summed E-state index contributed by atoms with van der Waals surface area (Å²) in [6.07, 6.45) is 0. The Balaban J connectivity index is 2.86. The predicted molar refractivity (Wildman–Crippen MR) is 79.3 cm³/mol. The Labute approximate surface area is 110 Å². The molecule has 0 unspecified atom stereocenters. The molecule has 0 saturated heterocycles. The fourth-order valence-corrected chi connectivity index (χ4v) is 22.1. The van der Waals surface area contributed by atoms with Crippen molar-refractivity contribution in [3.63, 3.8) is 0 Å². The Morgan fingerprint density at radius 3 is 0.765 bits per heavy atom. The zero-order valence-corrected chi connectivity index (χ0v) is 15.4. The summed E-state index contributed by atoms with van der Waals surface area (Å²) in [6, 6.07) is 0. The van der Waals surface area contributed by atoms with Gasteiger partial charge in [0, 0.05) is 0 Å². The molecule has 0 fully saturated rings. The average Bonchev–Trinajstić information content (AvgIpc) is 2.58. The normalized spacial score (nSPS) is 24.0. The Morgan fingerprint density at radius 2 is 0.588 bits per heavy atom. The summed E-state index contributed by atoms with van der Waals surface area (Å²) in [4.78, 5) is 0. The van der Waals surface area contributed by atoms with Crippen LogP contribution in [0.3, 0.4) is 0 Å². The molecule has 0 saturated carbocycles. The van der Waals surface area contributed by atoms with Crippen molar-refractivity contribution in [2.75, 3.05) is 0 Å². The van der Waals surface area contributed by atoms with E-state index in [2.05, 4.69) is 55.4 Å². The standard InChI is InChI=1S/2C8H12.Sn/c2*1-5-7(3)8(4)6-2;/h2*1-4H3;. The summed E-state index contributed by atoms with van der Waals surface area (Å²) >= 11 is -2.51. The third-order valence-corrected chi connectivity index (χ3v) is 22.7. The van der Waals surface area contributed by atoms with E-state index >= 15 is 0 Å². The van der Waals surface area contributed by atoms with Gasteiger partial charge in [-0.1, -0.05) is 0 Å². The van der Waals surface area contributed by atoms with E-state index in [1.54, 1.807) is 36.6 Å². The van der Waals surface area contributed by atoms with Gasteiger partial charge in [0.1, 0.15) is 0 Å². The Morgan fingerprint density at radius 1 is 0.412 bits per heavy atom. The van der Waals surface area contributed by atoms with Crippen LogP contribution in [0.2, 0.25) is 0 Å². The minimum absolute atomic E-state index is 1.58. The van der Waals surface area contributed by atoms with E-state index in [9.17, 15) is 0 Å². The van der Waals surface area contributed by atoms with E-state index in [1.165, 1.54) is 0 Å². The van der Waals surface area contributed by atoms with Crippen molar-refractivity contribution in [3.05, 3.63) is 36.6 Å². The molecular formula is C16H24Sn. The second-order valence-corrected chi connectivity index (χ2v) is 18.6. The predicted octanol–water partition coefficient (Wildman–Crippen LogP) is 4.96. The summed E-state index contributed by atoms with van der Waals surface area (Å²) in [7, 11) is 0. The van der Waals surface area contributed by atoms with Gasteiger partial charge in [-0.15, -0.1) is 0 Å². The Bertz CT molecular complexity index is 434. The van der Waals surface area contributed by atoms with Crippen LogP contribution in [-0.4, -0.2) is 18.4 Å². The van der Waals surface area contributed by atoms with Gasteiger partial charge in [0.2, 0.25) is 0 Å². The van der Waals surface area contributed by atoms with Gasteiger partial charge in [-0.05, 0) is 0 Å². The molecule has 0 aromatic carbocycles. The van der Waals surface area contributed by atoms with Crippen LogP contribution in [0.25, 0.3) is 0 Å². The molecule has 2 aliphatic heterocycles. The molecule has 0 aromatic rings. The molecule has 0 amide bonds. The van der Waals surface area contributed by atoms with E-state index in [-0.39, 0.29) is 0 Å². The molecule has 0 nitrogen and oxygen atoms in total. The zero-order chi connectivity index (χ0) is 13.1. The van der Waals surface area contributed by atoms with E-state index in [4.69, 9.17) is 0 Å². The first-order valence-corrected chi connectivity index (χ1v) is 12.2. The summed E-state index contributed by atoms with van der Waals surface area (Å²) in [5.41, 5.74) is 6.33. The molecule has 0 N–H and O–H groups in total. The fourth-order valence-electron chi connectivity index (χ4n) is 3.94. The van der Waals surface area contributed by atoms with Crippen molar-refractivity contribution >= 4 is 18.4 Å². The van der Waals surface area contributed by atoms with Crippen molar-refractivity contribution in [1.82, 2.24) is 0 Å². The summed E-state index contributed by atoms with van der Waals surface area (Å²) < 4.78 is 7.00. The van der Waals surface area contributed by atoms with E-state index in [0.717, 1.165) is 0 Å². The van der Waals surface area contributed by atoms with E-state index < -0.39 is 18.4 Å². The molecule has 0 radical (unpaired) electrons. The zero-order valence-electron chi connectivity index (χ0n) is 12.5. The SMILES string of the molecule is CC1=[C](C)[Sn]2([C](C)=C1C)[C](C)=C(C)C(C)=[C]2C. The van der Waals surface area contributed by atoms with Crippen molar-refractivity contribution in [3.8, 4) is 0 Å². The molecule has 1 heteroatoms. The van der Waals surface area contributed by atoms with Crippen LogP contribution in [0, 0.1) is 0 Å². The average molecular weight is 335 g/mol. The van der Waals surface area contributed by atoms with Gasteiger partial charge in [0.05, 0.1) is 0 Å². The van der Waals surface area contributed by atoms with Gasteiger partial charge in [-0.2, -0.15) is 0 Å². The van der Waals surface area contributed by atoms with Crippen LogP contribution < -0.4 is 0 Å². The maximum absolute atomic E-state index is 2.51. The number of allylic oxidation sites excluding steroid dienone is 8. The molecule has 2 aliphatic rings. The van der Waals surface area contributed by atoms with Crippen LogP contribution >= 0.6 is 0 Å². The molecule has 2 rings (SSSR count). The molecule has 0 aromatic heterocycles. The van der Waals surface area contributed by atoms with Crippen molar-refractivity contribution in [2.45, 2.75) is 55.4 Å². The van der Waals surface area contributed by atoms with Crippen LogP contribution in [-0.2, 0) is 0 Å². The molecule has 92 valence electrons. The minimum atomic E-state index is -2.51. The van der Waals surface area contributed by atoms with Crippen LogP contribution in [0.1, 0.15) is 55.4 Å². The third kappa shape index (κ3) is 1.31. The molecule has 2 heterocycles. The molecular weight excluding hydrogens is 311 g/mol. The third-order valence-electron chi connectivity index (χ3n) is 5.62. The topological polar surface area (TPSA) is 0 Å². The quantitative estimate of drug-likeness (QED) is 0.549. The van der Waals surface area contributed by atoms with Crippen molar-refractivity contribution < 1.29 is 0 Å². The van der Waals surface area contributed by atoms with Gasteiger partial charge in [-0.3, -0.25) is 0 Å². The van der Waals surface area contributed by atoms with Gasteiger partial charge >= 0.3 is 110 Å². The number of hydrogen-bond acceptors (Lipinski definition) is 0. The first kappa shape index (κ1) is 13.2. The molecule has 17 heavy (non-hydrogen) atoms. The van der Waals surface area contributed by atoms with Crippen LogP contribution in [0.5, 0.6) is 0 Å². The molecule has 0 atom stereocenters. The van der Waals surface area contributed by atoms with Gasteiger partial charge in [0.25, 0.3) is 0 Å². The Hall–Kier alpha value is -0.241. The summed E-state index contributed by atoms with van der Waals surface area (Å²) in [5.74, 6) is 0. The van der Waals surface area contributed by atoms with Crippen LogP contribution in [0.4, 0.5) is 0 Å². The molecule has 1 spiro atoms. The first-order chi connectivity index (χ1) is 7.77. The van der Waals surface area contributed by atoms with E-state index in [1.807, 2.05) is 0 Å². The van der Waals surface area contributed by atoms with Gasteiger partial charge in [-0.25, -0.2) is 0 Å². The second-order valence-electron chi connectivity index (χ2n) is 5.75. The Kier molecular flexibility index (Phi) is 3.01. The second kappa shape index (κ2) is 3.88. The van der Waals surface area contributed by atoms with Crippen molar-refractivity contribution in [2.24, 2.45) is 0 Å². The van der Waals surface area contributed by atoms with E-state index in [0.29, 0.717) is 0 Å². The van der Waals surface area contributed by atoms with Crippen LogP contribution in [0.15, 0.2) is 36.6 Å². The van der Waals surface area contributed by atoms with Gasteiger partial charge < -0.3 is 0 Å². The monoisotopic (exact) mass is 336 g/mol. The summed E-state index contributed by atoms with van der Waals surface area (Å²) in [5, 5.41) is 0. The molecule has 0 aliphatic carbocycles. The summed E-state index contributed by atoms with van der Waals surface area (Å²) in [6.45, 7) is 18.9. The maximum atomic E-state index is 2.41. The first-order valence-electron chi connectivity index (χ1n) is 6.50. The van der Waals surface area contributed by atoms with Gasteiger partial charge in [0.15, 0.2) is 0 Å². The number of rotatable bonds is 0.